The predicted octanol–water partition coefficient (Wildman–Crippen LogP) is 0.368. The van der Waals surface area contributed by atoms with Crippen LogP contribution < -0.4 is 5.32 Å². The van der Waals surface area contributed by atoms with Crippen LogP contribution in [-0.2, 0) is 14.3 Å². The smallest absolute Gasteiger partial charge is 0.410 e. The van der Waals surface area contributed by atoms with E-state index in [0.29, 0.717) is 13.2 Å². The molecule has 1 aliphatic heterocycles. The van der Waals surface area contributed by atoms with Gasteiger partial charge in [0.05, 0.1) is 13.2 Å². The second-order valence-corrected chi connectivity index (χ2v) is 4.90. The molecule has 2 amide bonds. The molecule has 1 aliphatic rings. The number of amides is 2. The van der Waals surface area contributed by atoms with Gasteiger partial charge >= 0.3 is 6.09 Å². The fourth-order valence-corrected chi connectivity index (χ4v) is 1.46. The van der Waals surface area contributed by atoms with Crippen molar-refractivity contribution in [2.75, 3.05) is 26.7 Å². The lowest BCUT2D eigenvalue weighted by Gasteiger charge is -2.33. The summed E-state index contributed by atoms with van der Waals surface area (Å²) in [6, 6.07) is 0. The molecule has 1 atom stereocenters. The Balaban J connectivity index is 2.55. The number of carbonyl (C=O) groups is 2. The summed E-state index contributed by atoms with van der Waals surface area (Å²) in [4.78, 5) is 24.7. The van der Waals surface area contributed by atoms with E-state index in [1.54, 1.807) is 0 Å². The van der Waals surface area contributed by atoms with Crippen LogP contribution in [0, 0.1) is 0 Å². The molecule has 17 heavy (non-hydrogen) atoms. The summed E-state index contributed by atoms with van der Waals surface area (Å²) in [7, 11) is 1.54. The lowest BCUT2D eigenvalue weighted by Crippen LogP contribution is -2.52. The molecule has 98 valence electrons. The van der Waals surface area contributed by atoms with E-state index in [-0.39, 0.29) is 12.5 Å². The Bertz CT molecular complexity index is 298. The zero-order valence-electron chi connectivity index (χ0n) is 10.8. The minimum atomic E-state index is -0.610. The van der Waals surface area contributed by atoms with E-state index >= 15 is 0 Å². The van der Waals surface area contributed by atoms with Crippen LogP contribution >= 0.6 is 0 Å². The van der Waals surface area contributed by atoms with Crippen LogP contribution in [0.4, 0.5) is 4.79 Å². The molecule has 6 nitrogen and oxygen atoms in total. The molecule has 0 saturated carbocycles. The fraction of sp³-hybridized carbons (Fsp3) is 0.818. The largest absolute Gasteiger partial charge is 0.444 e. The standard InChI is InChI=1S/C11H20N2O4/c1-11(2,3)17-10(15)13-5-6-16-8(7-13)9(14)12-4/h8H,5-7H2,1-4H3,(H,12,14). The molecule has 0 aromatic carbocycles. The minimum absolute atomic E-state index is 0.224. The van der Waals surface area contributed by atoms with Crippen molar-refractivity contribution in [3.8, 4) is 0 Å². The van der Waals surface area contributed by atoms with Gasteiger partial charge in [0.2, 0.25) is 0 Å². The van der Waals surface area contributed by atoms with Crippen molar-refractivity contribution in [3.05, 3.63) is 0 Å². The number of hydrogen-bond donors (Lipinski definition) is 1. The highest BCUT2D eigenvalue weighted by Gasteiger charge is 2.31. The SMILES string of the molecule is CNC(=O)C1CN(C(=O)OC(C)(C)C)CCO1. The van der Waals surface area contributed by atoms with Crippen molar-refractivity contribution in [3.63, 3.8) is 0 Å². The summed E-state index contributed by atoms with van der Waals surface area (Å²) in [5.74, 6) is -0.224. The maximum absolute atomic E-state index is 11.8. The average Bonchev–Trinajstić information content (AvgIpc) is 2.26. The Morgan fingerprint density at radius 2 is 2.06 bits per heavy atom. The van der Waals surface area contributed by atoms with Gasteiger partial charge in [-0.25, -0.2) is 4.79 Å². The molecule has 0 bridgehead atoms. The van der Waals surface area contributed by atoms with Crippen molar-refractivity contribution in [1.29, 1.82) is 0 Å². The zero-order chi connectivity index (χ0) is 13.1. The molecule has 1 heterocycles. The molecule has 0 spiro atoms. The van der Waals surface area contributed by atoms with Crippen LogP contribution in [0.5, 0.6) is 0 Å². The van der Waals surface area contributed by atoms with Crippen LogP contribution in [0.25, 0.3) is 0 Å². The van der Waals surface area contributed by atoms with Crippen molar-refractivity contribution in [2.24, 2.45) is 0 Å². The second-order valence-electron chi connectivity index (χ2n) is 4.90. The minimum Gasteiger partial charge on any atom is -0.444 e. The number of rotatable bonds is 1. The highest BCUT2D eigenvalue weighted by atomic mass is 16.6. The van der Waals surface area contributed by atoms with Gasteiger partial charge < -0.3 is 19.7 Å². The highest BCUT2D eigenvalue weighted by molar-refractivity contribution is 5.81. The van der Waals surface area contributed by atoms with Crippen LogP contribution in [0.1, 0.15) is 20.8 Å². The fourth-order valence-electron chi connectivity index (χ4n) is 1.46. The number of hydrogen-bond acceptors (Lipinski definition) is 4. The number of ether oxygens (including phenoxy) is 2. The van der Waals surface area contributed by atoms with Gasteiger partial charge in [0.1, 0.15) is 5.60 Å². The van der Waals surface area contributed by atoms with Gasteiger partial charge in [-0.05, 0) is 20.8 Å². The van der Waals surface area contributed by atoms with Gasteiger partial charge in [0.15, 0.2) is 6.10 Å². The Labute approximate surface area is 101 Å². The van der Waals surface area contributed by atoms with E-state index < -0.39 is 17.8 Å². The number of carbonyl (C=O) groups excluding carboxylic acids is 2. The first kappa shape index (κ1) is 13.8. The Morgan fingerprint density at radius 1 is 1.41 bits per heavy atom. The molecule has 1 unspecified atom stereocenters. The second kappa shape index (κ2) is 5.35. The lowest BCUT2D eigenvalue weighted by atomic mass is 10.2. The van der Waals surface area contributed by atoms with Gasteiger partial charge in [-0.15, -0.1) is 0 Å². The van der Waals surface area contributed by atoms with Gasteiger partial charge in [0, 0.05) is 13.6 Å². The number of nitrogens with zero attached hydrogens (tertiary/aromatic N) is 1. The van der Waals surface area contributed by atoms with Crippen molar-refractivity contribution >= 4 is 12.0 Å². The highest BCUT2D eigenvalue weighted by Crippen LogP contribution is 2.13. The molecule has 0 aliphatic carbocycles. The van der Waals surface area contributed by atoms with Gasteiger partial charge in [0.25, 0.3) is 5.91 Å². The molecular weight excluding hydrogens is 224 g/mol. The van der Waals surface area contributed by atoms with Gasteiger partial charge in [-0.2, -0.15) is 0 Å². The molecule has 1 saturated heterocycles. The molecule has 1 N–H and O–H groups in total. The first-order valence-corrected chi connectivity index (χ1v) is 5.64. The molecule has 0 aromatic heterocycles. The number of likely N-dealkylation sites (N-methyl/N-ethyl adjacent to an activating group) is 1. The molecule has 0 aromatic rings. The molecule has 1 fully saturated rings. The lowest BCUT2D eigenvalue weighted by molar-refractivity contribution is -0.137. The summed E-state index contributed by atoms with van der Waals surface area (Å²) in [5, 5.41) is 2.50. The van der Waals surface area contributed by atoms with Crippen LogP contribution in [0.15, 0.2) is 0 Å². The van der Waals surface area contributed by atoms with E-state index in [2.05, 4.69) is 5.32 Å². The Hall–Kier alpha value is -1.30. The maximum atomic E-state index is 11.8. The molecule has 0 radical (unpaired) electrons. The number of morpholine rings is 1. The zero-order valence-corrected chi connectivity index (χ0v) is 10.8. The first-order chi connectivity index (χ1) is 7.83. The van der Waals surface area contributed by atoms with E-state index in [0.717, 1.165) is 0 Å². The van der Waals surface area contributed by atoms with Crippen molar-refractivity contribution in [2.45, 2.75) is 32.5 Å². The Morgan fingerprint density at radius 3 is 2.59 bits per heavy atom. The quantitative estimate of drug-likeness (QED) is 0.723. The third kappa shape index (κ3) is 4.22. The molecule has 1 rings (SSSR count). The summed E-state index contributed by atoms with van der Waals surface area (Å²) < 4.78 is 10.5. The summed E-state index contributed by atoms with van der Waals surface area (Å²) in [6.07, 6.45) is -1.02. The van der Waals surface area contributed by atoms with Gasteiger partial charge in [-0.3, -0.25) is 4.79 Å². The number of nitrogens with one attached hydrogen (secondary N) is 1. The van der Waals surface area contributed by atoms with E-state index in [1.807, 2.05) is 20.8 Å². The Kier molecular flexibility index (Phi) is 4.34. The van der Waals surface area contributed by atoms with Crippen molar-refractivity contribution < 1.29 is 19.1 Å². The van der Waals surface area contributed by atoms with Crippen LogP contribution in [0.3, 0.4) is 0 Å². The first-order valence-electron chi connectivity index (χ1n) is 5.64. The van der Waals surface area contributed by atoms with E-state index in [1.165, 1.54) is 11.9 Å². The summed E-state index contributed by atoms with van der Waals surface area (Å²) in [5.41, 5.74) is -0.530. The summed E-state index contributed by atoms with van der Waals surface area (Å²) in [6.45, 7) is 6.44. The maximum Gasteiger partial charge on any atom is 0.410 e. The van der Waals surface area contributed by atoms with Gasteiger partial charge in [-0.1, -0.05) is 0 Å². The van der Waals surface area contributed by atoms with Crippen molar-refractivity contribution in [1.82, 2.24) is 10.2 Å². The molecular formula is C11H20N2O4. The summed E-state index contributed by atoms with van der Waals surface area (Å²) >= 11 is 0. The monoisotopic (exact) mass is 244 g/mol. The van der Waals surface area contributed by atoms with E-state index in [4.69, 9.17) is 9.47 Å². The predicted molar refractivity (Wildman–Crippen MR) is 61.6 cm³/mol. The van der Waals surface area contributed by atoms with Crippen LogP contribution in [-0.4, -0.2) is 55.3 Å². The topological polar surface area (TPSA) is 67.9 Å². The third-order valence-electron chi connectivity index (χ3n) is 2.26. The third-order valence-corrected chi connectivity index (χ3v) is 2.26. The normalized spacial score (nSPS) is 20.9. The van der Waals surface area contributed by atoms with Crippen LogP contribution in [0.2, 0.25) is 0 Å². The van der Waals surface area contributed by atoms with E-state index in [9.17, 15) is 9.59 Å². The molecule has 6 heteroatoms. The average molecular weight is 244 g/mol.